The summed E-state index contributed by atoms with van der Waals surface area (Å²) in [5.74, 6) is 0.733. The highest BCUT2D eigenvalue weighted by molar-refractivity contribution is 9.10. The van der Waals surface area contributed by atoms with Gasteiger partial charge in [0.05, 0.1) is 18.7 Å². The summed E-state index contributed by atoms with van der Waals surface area (Å²) in [4.78, 5) is 23.9. The Labute approximate surface area is 194 Å². The van der Waals surface area contributed by atoms with Crippen molar-refractivity contribution in [3.05, 3.63) is 58.1 Å². The topological polar surface area (TPSA) is 97.9 Å². The second-order valence-corrected chi connectivity index (χ2v) is 7.42. The smallest absolute Gasteiger partial charge is 0.276 e. The van der Waals surface area contributed by atoms with Gasteiger partial charge in [0.1, 0.15) is 5.75 Å². The maximum atomic E-state index is 12.0. The number of hydrazine groups is 1. The lowest BCUT2D eigenvalue weighted by Crippen LogP contribution is -2.49. The first-order chi connectivity index (χ1) is 14.8. The lowest BCUT2D eigenvalue weighted by Gasteiger charge is -2.11. The summed E-state index contributed by atoms with van der Waals surface area (Å²) < 4.78 is 16.6. The van der Waals surface area contributed by atoms with Crippen LogP contribution in [-0.4, -0.2) is 37.8 Å². The van der Waals surface area contributed by atoms with Gasteiger partial charge in [0.2, 0.25) is 5.91 Å². The zero-order chi connectivity index (χ0) is 22.8. The summed E-state index contributed by atoms with van der Waals surface area (Å²) in [6.45, 7) is 1.72. The minimum atomic E-state index is -0.471. The number of ether oxygens (including phenoxy) is 3. The van der Waals surface area contributed by atoms with Crippen LogP contribution in [0.1, 0.15) is 11.1 Å². The molecule has 0 atom stereocenters. The third-order valence-corrected chi connectivity index (χ3v) is 4.66. The zero-order valence-corrected chi connectivity index (χ0v) is 19.6. The molecule has 0 heterocycles. The Bertz CT molecular complexity index is 997. The van der Waals surface area contributed by atoms with Crippen molar-refractivity contribution in [1.29, 1.82) is 0 Å². The number of methoxy groups -OCH3 is 2. The fraction of sp³-hybridized carbons (Fsp3) is 0.190. The van der Waals surface area contributed by atoms with E-state index in [0.29, 0.717) is 17.2 Å². The molecule has 2 rings (SSSR count). The highest BCUT2D eigenvalue weighted by Gasteiger charge is 2.08. The summed E-state index contributed by atoms with van der Waals surface area (Å²) >= 11 is 8.36. The number of nitrogens with one attached hydrogen (secondary N) is 3. The number of thiocarbonyl (C=S) groups is 1. The molecule has 8 nitrogen and oxygen atoms in total. The molecule has 0 aliphatic heterocycles. The SMILES string of the molecule is COc1ccc(/C=C/C(=O)NC(=S)NNC(=O)COc2ccc(C)cc2Br)cc1OC. The molecule has 0 saturated heterocycles. The fourth-order valence-electron chi connectivity index (χ4n) is 2.34. The summed E-state index contributed by atoms with van der Waals surface area (Å²) in [6.07, 6.45) is 2.89. The van der Waals surface area contributed by atoms with E-state index in [1.165, 1.54) is 13.2 Å². The van der Waals surface area contributed by atoms with Crippen LogP contribution in [0.3, 0.4) is 0 Å². The van der Waals surface area contributed by atoms with Crippen LogP contribution in [0.15, 0.2) is 46.9 Å². The Morgan fingerprint density at radius 3 is 2.42 bits per heavy atom. The second kappa shape index (κ2) is 11.9. The molecule has 2 aromatic rings. The van der Waals surface area contributed by atoms with Gasteiger partial charge >= 0.3 is 0 Å². The van der Waals surface area contributed by atoms with Crippen LogP contribution < -0.4 is 30.4 Å². The van der Waals surface area contributed by atoms with Gasteiger partial charge in [-0.2, -0.15) is 0 Å². The first-order valence-corrected chi connectivity index (χ1v) is 10.2. The van der Waals surface area contributed by atoms with Gasteiger partial charge < -0.3 is 14.2 Å². The van der Waals surface area contributed by atoms with Gasteiger partial charge in [0.15, 0.2) is 23.2 Å². The van der Waals surface area contributed by atoms with Crippen molar-refractivity contribution < 1.29 is 23.8 Å². The first kappa shape index (κ1) is 24.2. The van der Waals surface area contributed by atoms with Crippen molar-refractivity contribution in [2.24, 2.45) is 0 Å². The molecule has 0 aromatic heterocycles. The highest BCUT2D eigenvalue weighted by atomic mass is 79.9. The number of aryl methyl sites for hydroxylation is 1. The summed E-state index contributed by atoms with van der Waals surface area (Å²) in [6, 6.07) is 10.7. The van der Waals surface area contributed by atoms with Crippen molar-refractivity contribution in [3.8, 4) is 17.2 Å². The molecular weight excluding hydrogens is 486 g/mol. The van der Waals surface area contributed by atoms with Gasteiger partial charge in [-0.15, -0.1) is 0 Å². The van der Waals surface area contributed by atoms with Crippen LogP contribution in [-0.2, 0) is 9.59 Å². The van der Waals surface area contributed by atoms with Crippen molar-refractivity contribution in [2.75, 3.05) is 20.8 Å². The molecule has 0 fully saturated rings. The van der Waals surface area contributed by atoms with Crippen LogP contribution in [0.2, 0.25) is 0 Å². The van der Waals surface area contributed by atoms with E-state index in [-0.39, 0.29) is 11.7 Å². The van der Waals surface area contributed by atoms with Gasteiger partial charge in [-0.05, 0) is 76.5 Å². The lowest BCUT2D eigenvalue weighted by molar-refractivity contribution is -0.123. The van der Waals surface area contributed by atoms with Crippen molar-refractivity contribution in [3.63, 3.8) is 0 Å². The maximum absolute atomic E-state index is 12.0. The van der Waals surface area contributed by atoms with E-state index in [2.05, 4.69) is 32.1 Å². The molecule has 0 spiro atoms. The van der Waals surface area contributed by atoms with Crippen LogP contribution in [0.4, 0.5) is 0 Å². The summed E-state index contributed by atoms with van der Waals surface area (Å²) in [7, 11) is 3.07. The predicted molar refractivity (Wildman–Crippen MR) is 125 cm³/mol. The standard InChI is InChI=1S/C21H22BrN3O5S/c1-13-4-7-16(15(22)10-13)30-12-20(27)24-25-21(31)23-19(26)9-6-14-5-8-17(28-2)18(11-14)29-3/h4-11H,12H2,1-3H3,(H,24,27)(H2,23,25,26,31)/b9-6+. The number of halogens is 1. The van der Waals surface area contributed by atoms with Crippen molar-refractivity contribution >= 4 is 51.2 Å². The van der Waals surface area contributed by atoms with E-state index in [1.54, 1.807) is 37.5 Å². The minimum absolute atomic E-state index is 0.0631. The molecule has 2 amide bonds. The van der Waals surface area contributed by atoms with E-state index in [4.69, 9.17) is 26.4 Å². The largest absolute Gasteiger partial charge is 0.493 e. The molecule has 164 valence electrons. The lowest BCUT2D eigenvalue weighted by atomic mass is 10.2. The van der Waals surface area contributed by atoms with E-state index in [0.717, 1.165) is 15.6 Å². The predicted octanol–water partition coefficient (Wildman–Crippen LogP) is 2.89. The van der Waals surface area contributed by atoms with E-state index >= 15 is 0 Å². The Morgan fingerprint density at radius 1 is 1.03 bits per heavy atom. The van der Waals surface area contributed by atoms with Crippen LogP contribution in [0, 0.1) is 6.92 Å². The molecule has 0 aliphatic rings. The molecule has 0 saturated carbocycles. The number of hydrogen-bond donors (Lipinski definition) is 3. The summed E-state index contributed by atoms with van der Waals surface area (Å²) in [5.41, 5.74) is 6.59. The Morgan fingerprint density at radius 2 is 1.74 bits per heavy atom. The van der Waals surface area contributed by atoms with Crippen LogP contribution >= 0.6 is 28.1 Å². The Hall–Kier alpha value is -3.11. The monoisotopic (exact) mass is 507 g/mol. The number of hydrogen-bond acceptors (Lipinski definition) is 6. The molecule has 2 aromatic carbocycles. The average molecular weight is 508 g/mol. The van der Waals surface area contributed by atoms with Crippen molar-refractivity contribution in [2.45, 2.75) is 6.92 Å². The molecule has 3 N–H and O–H groups in total. The van der Waals surface area contributed by atoms with Gasteiger partial charge in [-0.3, -0.25) is 25.8 Å². The Kier molecular flexibility index (Phi) is 9.29. The van der Waals surface area contributed by atoms with Gasteiger partial charge in [0, 0.05) is 6.08 Å². The Balaban J connectivity index is 1.76. The van der Waals surface area contributed by atoms with Crippen LogP contribution in [0.25, 0.3) is 6.08 Å². The number of rotatable bonds is 7. The van der Waals surface area contributed by atoms with Crippen molar-refractivity contribution in [1.82, 2.24) is 16.2 Å². The number of carbonyl (C=O) groups is 2. The highest BCUT2D eigenvalue weighted by Crippen LogP contribution is 2.28. The molecule has 0 bridgehead atoms. The number of benzene rings is 2. The number of amides is 2. The molecule has 31 heavy (non-hydrogen) atoms. The number of carbonyl (C=O) groups excluding carboxylic acids is 2. The maximum Gasteiger partial charge on any atom is 0.276 e. The van der Waals surface area contributed by atoms with E-state index in [9.17, 15) is 9.59 Å². The first-order valence-electron chi connectivity index (χ1n) is 9.01. The van der Waals surface area contributed by atoms with Gasteiger partial charge in [-0.1, -0.05) is 12.1 Å². The molecular formula is C21H22BrN3O5S. The van der Waals surface area contributed by atoms with Gasteiger partial charge in [-0.25, -0.2) is 0 Å². The summed E-state index contributed by atoms with van der Waals surface area (Å²) in [5, 5.41) is 2.36. The molecule has 0 unspecified atom stereocenters. The third-order valence-electron chi connectivity index (χ3n) is 3.83. The molecule has 0 radical (unpaired) electrons. The zero-order valence-electron chi connectivity index (χ0n) is 17.2. The third kappa shape index (κ3) is 7.91. The molecule has 10 heteroatoms. The molecule has 0 aliphatic carbocycles. The van der Waals surface area contributed by atoms with E-state index < -0.39 is 11.8 Å². The van der Waals surface area contributed by atoms with E-state index in [1.807, 2.05) is 19.1 Å². The van der Waals surface area contributed by atoms with Gasteiger partial charge in [0.25, 0.3) is 5.91 Å². The fourth-order valence-corrected chi connectivity index (χ4v) is 3.10. The second-order valence-electron chi connectivity index (χ2n) is 6.16. The quantitative estimate of drug-likeness (QED) is 0.301. The van der Waals surface area contributed by atoms with Crippen LogP contribution in [0.5, 0.6) is 17.2 Å². The minimum Gasteiger partial charge on any atom is -0.493 e. The average Bonchev–Trinajstić information content (AvgIpc) is 2.75. The normalized spacial score (nSPS) is 10.3.